The summed E-state index contributed by atoms with van der Waals surface area (Å²) < 4.78 is 0. The van der Waals surface area contributed by atoms with Crippen LogP contribution in [-0.4, -0.2) is 17.4 Å². The Morgan fingerprint density at radius 1 is 1.10 bits per heavy atom. The zero-order valence-electron chi connectivity index (χ0n) is 11.2. The van der Waals surface area contributed by atoms with Crippen molar-refractivity contribution in [2.45, 2.75) is 19.4 Å². The molecule has 1 amide bonds. The third-order valence-electron chi connectivity index (χ3n) is 3.68. The molecule has 0 aliphatic carbocycles. The summed E-state index contributed by atoms with van der Waals surface area (Å²) in [6.45, 7) is 1.53. The Morgan fingerprint density at radius 3 is 2.75 bits per heavy atom. The van der Waals surface area contributed by atoms with E-state index < -0.39 is 0 Å². The van der Waals surface area contributed by atoms with Crippen molar-refractivity contribution in [3.05, 3.63) is 70.2 Å². The molecule has 20 heavy (non-hydrogen) atoms. The zero-order chi connectivity index (χ0) is 13.9. The zero-order valence-corrected chi connectivity index (χ0v) is 11.9. The summed E-state index contributed by atoms with van der Waals surface area (Å²) in [6, 6.07) is 15.8. The van der Waals surface area contributed by atoms with Crippen molar-refractivity contribution in [2.75, 3.05) is 6.54 Å². The Hall–Kier alpha value is -1.80. The number of aryl methyl sites for hydroxylation is 1. The third-order valence-corrected chi connectivity index (χ3v) is 3.91. The molecule has 0 bridgehead atoms. The lowest BCUT2D eigenvalue weighted by molar-refractivity contribution is 0.0777. The van der Waals surface area contributed by atoms with E-state index in [2.05, 4.69) is 6.07 Å². The van der Waals surface area contributed by atoms with Gasteiger partial charge in [-0.1, -0.05) is 41.9 Å². The van der Waals surface area contributed by atoms with Crippen LogP contribution < -0.4 is 0 Å². The molecule has 0 saturated carbocycles. The van der Waals surface area contributed by atoms with E-state index in [0.717, 1.165) is 42.1 Å². The number of carbonyl (C=O) groups is 1. The van der Waals surface area contributed by atoms with Gasteiger partial charge in [0.05, 0.1) is 0 Å². The van der Waals surface area contributed by atoms with E-state index in [-0.39, 0.29) is 5.91 Å². The number of amides is 1. The van der Waals surface area contributed by atoms with Crippen molar-refractivity contribution in [3.8, 4) is 0 Å². The van der Waals surface area contributed by atoms with Crippen molar-refractivity contribution in [3.63, 3.8) is 0 Å². The minimum atomic E-state index is 0.159. The summed E-state index contributed by atoms with van der Waals surface area (Å²) in [5.41, 5.74) is 3.22. The molecule has 0 radical (unpaired) electrons. The standard InChI is InChI=1S/C17H16ClNO/c18-15-8-3-5-13(11-15)6-4-10-19-12-14-7-1-2-9-16(14)17(19)20/h1-3,5,7-9,11H,4,6,10,12H2. The van der Waals surface area contributed by atoms with E-state index in [9.17, 15) is 4.79 Å². The number of nitrogens with zero attached hydrogens (tertiary/aromatic N) is 1. The predicted molar refractivity (Wildman–Crippen MR) is 81.0 cm³/mol. The van der Waals surface area contributed by atoms with Gasteiger partial charge in [-0.2, -0.15) is 0 Å². The van der Waals surface area contributed by atoms with Crippen molar-refractivity contribution in [1.29, 1.82) is 0 Å². The first kappa shape index (κ1) is 13.2. The fraction of sp³-hybridized carbons (Fsp3) is 0.235. The first-order valence-electron chi connectivity index (χ1n) is 6.85. The molecule has 0 atom stereocenters. The maximum absolute atomic E-state index is 12.2. The van der Waals surface area contributed by atoms with Gasteiger partial charge >= 0.3 is 0 Å². The maximum atomic E-state index is 12.2. The molecule has 1 heterocycles. The van der Waals surface area contributed by atoms with Crippen LogP contribution in [0, 0.1) is 0 Å². The van der Waals surface area contributed by atoms with Gasteiger partial charge in [-0.15, -0.1) is 0 Å². The second-order valence-electron chi connectivity index (χ2n) is 5.12. The van der Waals surface area contributed by atoms with Gasteiger partial charge in [0.25, 0.3) is 5.91 Å². The van der Waals surface area contributed by atoms with Crippen LogP contribution in [0.3, 0.4) is 0 Å². The highest BCUT2D eigenvalue weighted by atomic mass is 35.5. The van der Waals surface area contributed by atoms with Gasteiger partial charge in [0.15, 0.2) is 0 Å². The van der Waals surface area contributed by atoms with Crippen LogP contribution in [0.15, 0.2) is 48.5 Å². The van der Waals surface area contributed by atoms with Crippen LogP contribution in [0.25, 0.3) is 0 Å². The maximum Gasteiger partial charge on any atom is 0.254 e. The number of carbonyl (C=O) groups excluding carboxylic acids is 1. The summed E-state index contributed by atoms with van der Waals surface area (Å²) in [4.78, 5) is 14.1. The molecular formula is C17H16ClNO. The monoisotopic (exact) mass is 285 g/mol. The van der Waals surface area contributed by atoms with Crippen LogP contribution in [0.5, 0.6) is 0 Å². The molecule has 0 aromatic heterocycles. The lowest BCUT2D eigenvalue weighted by Crippen LogP contribution is -2.25. The van der Waals surface area contributed by atoms with E-state index in [1.807, 2.05) is 47.4 Å². The quantitative estimate of drug-likeness (QED) is 0.833. The van der Waals surface area contributed by atoms with Crippen LogP contribution in [0.1, 0.15) is 27.9 Å². The number of rotatable bonds is 4. The third kappa shape index (κ3) is 2.70. The molecule has 2 nitrogen and oxygen atoms in total. The first-order valence-corrected chi connectivity index (χ1v) is 7.23. The Bertz CT molecular complexity index is 638. The summed E-state index contributed by atoms with van der Waals surface area (Å²) >= 11 is 5.97. The molecule has 0 fully saturated rings. The van der Waals surface area contributed by atoms with E-state index in [1.165, 1.54) is 5.56 Å². The molecule has 0 N–H and O–H groups in total. The van der Waals surface area contributed by atoms with E-state index in [0.29, 0.717) is 0 Å². The van der Waals surface area contributed by atoms with Crippen molar-refractivity contribution in [1.82, 2.24) is 4.90 Å². The smallest absolute Gasteiger partial charge is 0.254 e. The average molecular weight is 286 g/mol. The first-order chi connectivity index (χ1) is 9.74. The highest BCUT2D eigenvalue weighted by molar-refractivity contribution is 6.30. The highest BCUT2D eigenvalue weighted by Crippen LogP contribution is 2.22. The van der Waals surface area contributed by atoms with Gasteiger partial charge in [-0.25, -0.2) is 0 Å². The number of fused-ring (bicyclic) bond motifs is 1. The van der Waals surface area contributed by atoms with Gasteiger partial charge in [0.1, 0.15) is 0 Å². The molecule has 3 heteroatoms. The van der Waals surface area contributed by atoms with Crippen molar-refractivity contribution < 1.29 is 4.79 Å². The van der Waals surface area contributed by atoms with Gasteiger partial charge < -0.3 is 4.90 Å². The fourth-order valence-corrected chi connectivity index (χ4v) is 2.87. The number of halogens is 1. The molecule has 0 saturated heterocycles. The minimum Gasteiger partial charge on any atom is -0.334 e. The van der Waals surface area contributed by atoms with Gasteiger partial charge in [0.2, 0.25) is 0 Å². The normalized spacial score (nSPS) is 13.7. The lowest BCUT2D eigenvalue weighted by Gasteiger charge is -2.15. The summed E-state index contributed by atoms with van der Waals surface area (Å²) in [5.74, 6) is 0.159. The van der Waals surface area contributed by atoms with Gasteiger partial charge in [-0.05, 0) is 42.2 Å². The predicted octanol–water partition coefficient (Wildman–Crippen LogP) is 3.93. The Labute approximate surface area is 124 Å². The van der Waals surface area contributed by atoms with Crippen LogP contribution in [0.4, 0.5) is 0 Å². The van der Waals surface area contributed by atoms with Crippen molar-refractivity contribution in [2.24, 2.45) is 0 Å². The molecule has 0 unspecified atom stereocenters. The van der Waals surface area contributed by atoms with Crippen molar-refractivity contribution >= 4 is 17.5 Å². The Kier molecular flexibility index (Phi) is 3.75. The second kappa shape index (κ2) is 5.68. The highest BCUT2D eigenvalue weighted by Gasteiger charge is 2.25. The lowest BCUT2D eigenvalue weighted by atomic mass is 10.1. The summed E-state index contributed by atoms with van der Waals surface area (Å²) in [5, 5.41) is 0.771. The van der Waals surface area contributed by atoms with Crippen LogP contribution in [-0.2, 0) is 13.0 Å². The van der Waals surface area contributed by atoms with Crippen LogP contribution in [0.2, 0.25) is 5.02 Å². The summed E-state index contributed by atoms with van der Waals surface area (Å²) in [6.07, 6.45) is 1.90. The van der Waals surface area contributed by atoms with Gasteiger partial charge in [0, 0.05) is 23.7 Å². The molecule has 2 aromatic carbocycles. The molecule has 1 aliphatic rings. The molecule has 102 valence electrons. The van der Waals surface area contributed by atoms with Crippen LogP contribution >= 0.6 is 11.6 Å². The minimum absolute atomic E-state index is 0.159. The molecule has 1 aliphatic heterocycles. The van der Waals surface area contributed by atoms with Gasteiger partial charge in [-0.3, -0.25) is 4.79 Å². The van der Waals surface area contributed by atoms with E-state index in [1.54, 1.807) is 0 Å². The SMILES string of the molecule is O=C1c2ccccc2CN1CCCc1cccc(Cl)c1. The topological polar surface area (TPSA) is 20.3 Å². The Morgan fingerprint density at radius 2 is 1.95 bits per heavy atom. The Balaban J connectivity index is 1.57. The number of hydrogen-bond acceptors (Lipinski definition) is 1. The average Bonchev–Trinajstić information content (AvgIpc) is 2.76. The van der Waals surface area contributed by atoms with E-state index >= 15 is 0 Å². The second-order valence-corrected chi connectivity index (χ2v) is 5.55. The largest absolute Gasteiger partial charge is 0.334 e. The number of hydrogen-bond donors (Lipinski definition) is 0. The van der Waals surface area contributed by atoms with E-state index in [4.69, 9.17) is 11.6 Å². The number of benzene rings is 2. The fourth-order valence-electron chi connectivity index (χ4n) is 2.66. The molecule has 2 aromatic rings. The molecular weight excluding hydrogens is 270 g/mol. The molecule has 0 spiro atoms. The molecule has 3 rings (SSSR count). The summed E-state index contributed by atoms with van der Waals surface area (Å²) in [7, 11) is 0.